The second-order valence-electron chi connectivity index (χ2n) is 7.23. The first-order valence-corrected chi connectivity index (χ1v) is 10.2. The Bertz CT molecular complexity index is 368. The maximum absolute atomic E-state index is 9.55. The predicted octanol–water partition coefficient (Wildman–Crippen LogP) is 3.97. The topological polar surface area (TPSA) is 89.9 Å². The van der Waals surface area contributed by atoms with E-state index in [0.29, 0.717) is 12.2 Å². The number of hydrogen-bond donors (Lipinski definition) is 3. The van der Waals surface area contributed by atoms with Crippen LogP contribution in [0.4, 0.5) is 0 Å². The molecule has 6 heteroatoms. The van der Waals surface area contributed by atoms with Gasteiger partial charge in [0.1, 0.15) is 0 Å². The van der Waals surface area contributed by atoms with E-state index in [-0.39, 0.29) is 0 Å². The second kappa shape index (κ2) is 14.7. The summed E-state index contributed by atoms with van der Waals surface area (Å²) in [5.74, 6) is -2.51. The molecule has 1 aliphatic carbocycles. The van der Waals surface area contributed by atoms with Crippen LogP contribution in [-0.4, -0.2) is 46.3 Å². The summed E-state index contributed by atoms with van der Waals surface area (Å²) in [4.78, 5) is 19.1. The van der Waals surface area contributed by atoms with Gasteiger partial charge in [-0.2, -0.15) is 0 Å². The van der Waals surface area contributed by atoms with Gasteiger partial charge in [0.15, 0.2) is 0 Å². The summed E-state index contributed by atoms with van der Waals surface area (Å²) in [5.41, 5.74) is 3.73. The van der Waals surface area contributed by atoms with Crippen molar-refractivity contribution in [3.05, 3.63) is 12.2 Å². The summed E-state index contributed by atoms with van der Waals surface area (Å²) in [6.45, 7) is 2.49. The fourth-order valence-corrected chi connectivity index (χ4v) is 3.62. The average molecular weight is 369 g/mol. The minimum atomic E-state index is -1.26. The third-order valence-corrected chi connectivity index (χ3v) is 5.02. The van der Waals surface area contributed by atoms with E-state index in [1.807, 2.05) is 0 Å². The Labute approximate surface area is 157 Å². The zero-order valence-corrected chi connectivity index (χ0v) is 16.0. The molecule has 26 heavy (non-hydrogen) atoms. The third-order valence-electron chi connectivity index (χ3n) is 5.02. The summed E-state index contributed by atoms with van der Waals surface area (Å²) in [6.07, 6.45) is 19.8. The molecular formula is C20H36N2O4. The standard InChI is InChI=1S/C16H32N2.C4H4O4/c1-2-5-9-13-16(12-8-4-1)18-15-11-7-3-6-10-14-17-18;5-3(6)1-2-4(7)8/h16-17H,1-15H2;1-2H,(H,5,6)(H,7,8)/b;2-1-. The lowest BCUT2D eigenvalue weighted by Gasteiger charge is -2.32. The first kappa shape index (κ1) is 22.6. The van der Waals surface area contributed by atoms with Crippen molar-refractivity contribution in [1.29, 1.82) is 0 Å². The zero-order valence-electron chi connectivity index (χ0n) is 16.0. The van der Waals surface area contributed by atoms with Gasteiger partial charge in [-0.3, -0.25) is 5.43 Å². The maximum atomic E-state index is 9.55. The molecule has 1 aliphatic heterocycles. The minimum Gasteiger partial charge on any atom is -0.478 e. The number of carbonyl (C=O) groups is 2. The minimum absolute atomic E-state index is 0.558. The molecule has 0 radical (unpaired) electrons. The van der Waals surface area contributed by atoms with Crippen molar-refractivity contribution in [3.63, 3.8) is 0 Å². The molecule has 0 bridgehead atoms. The number of rotatable bonds is 3. The van der Waals surface area contributed by atoms with Crippen molar-refractivity contribution in [2.24, 2.45) is 0 Å². The fraction of sp³-hybridized carbons (Fsp3) is 0.800. The average Bonchev–Trinajstić information content (AvgIpc) is 2.83. The van der Waals surface area contributed by atoms with E-state index < -0.39 is 11.9 Å². The van der Waals surface area contributed by atoms with Crippen LogP contribution in [0, 0.1) is 0 Å². The van der Waals surface area contributed by atoms with Crippen molar-refractivity contribution in [1.82, 2.24) is 10.4 Å². The van der Waals surface area contributed by atoms with Gasteiger partial charge < -0.3 is 10.2 Å². The van der Waals surface area contributed by atoms with Crippen molar-refractivity contribution in [3.8, 4) is 0 Å². The van der Waals surface area contributed by atoms with Gasteiger partial charge in [-0.15, -0.1) is 0 Å². The molecule has 1 heterocycles. The van der Waals surface area contributed by atoms with E-state index in [1.165, 1.54) is 96.6 Å². The molecule has 2 fully saturated rings. The number of nitrogens with one attached hydrogen (secondary N) is 1. The Morgan fingerprint density at radius 1 is 0.731 bits per heavy atom. The second-order valence-corrected chi connectivity index (χ2v) is 7.23. The largest absolute Gasteiger partial charge is 0.478 e. The summed E-state index contributed by atoms with van der Waals surface area (Å²) >= 11 is 0. The highest BCUT2D eigenvalue weighted by Crippen LogP contribution is 2.21. The first-order chi connectivity index (χ1) is 12.6. The van der Waals surface area contributed by atoms with Gasteiger partial charge in [0, 0.05) is 31.3 Å². The van der Waals surface area contributed by atoms with Gasteiger partial charge in [0.05, 0.1) is 0 Å². The van der Waals surface area contributed by atoms with Gasteiger partial charge in [-0.1, -0.05) is 57.8 Å². The van der Waals surface area contributed by atoms with Gasteiger partial charge >= 0.3 is 11.9 Å². The first-order valence-electron chi connectivity index (χ1n) is 10.2. The molecular weight excluding hydrogens is 332 g/mol. The van der Waals surface area contributed by atoms with E-state index in [0.717, 1.165) is 6.04 Å². The lowest BCUT2D eigenvalue weighted by molar-refractivity contribution is -0.134. The zero-order chi connectivity index (χ0) is 19.0. The number of aliphatic carboxylic acids is 2. The fourth-order valence-electron chi connectivity index (χ4n) is 3.62. The normalized spacial score (nSPS) is 21.8. The van der Waals surface area contributed by atoms with Gasteiger partial charge in [-0.05, 0) is 25.7 Å². The highest BCUT2D eigenvalue weighted by atomic mass is 16.4. The predicted molar refractivity (Wildman–Crippen MR) is 103 cm³/mol. The molecule has 0 aromatic heterocycles. The molecule has 2 aliphatic rings. The lowest BCUT2D eigenvalue weighted by Crippen LogP contribution is -2.46. The van der Waals surface area contributed by atoms with E-state index in [4.69, 9.17) is 10.2 Å². The lowest BCUT2D eigenvalue weighted by atomic mass is 10.0. The highest BCUT2D eigenvalue weighted by molar-refractivity contribution is 5.89. The summed E-state index contributed by atoms with van der Waals surface area (Å²) in [7, 11) is 0. The van der Waals surface area contributed by atoms with E-state index in [9.17, 15) is 9.59 Å². The molecule has 1 saturated carbocycles. The molecule has 6 nitrogen and oxygen atoms in total. The van der Waals surface area contributed by atoms with Crippen molar-refractivity contribution in [2.75, 3.05) is 13.1 Å². The Balaban J connectivity index is 0.000000359. The van der Waals surface area contributed by atoms with Crippen molar-refractivity contribution < 1.29 is 19.8 Å². The molecule has 0 aromatic carbocycles. The Morgan fingerprint density at radius 3 is 1.73 bits per heavy atom. The van der Waals surface area contributed by atoms with E-state index in [2.05, 4.69) is 10.4 Å². The van der Waals surface area contributed by atoms with Crippen LogP contribution in [0.3, 0.4) is 0 Å². The molecule has 2 rings (SSSR count). The molecule has 0 atom stereocenters. The highest BCUT2D eigenvalue weighted by Gasteiger charge is 2.18. The van der Waals surface area contributed by atoms with Crippen LogP contribution in [0.15, 0.2) is 12.2 Å². The molecule has 3 N–H and O–H groups in total. The van der Waals surface area contributed by atoms with Crippen LogP contribution in [-0.2, 0) is 9.59 Å². The number of carboxylic acid groups (broad SMARTS) is 2. The molecule has 150 valence electrons. The smallest absolute Gasteiger partial charge is 0.328 e. The number of nitrogens with zero attached hydrogens (tertiary/aromatic N) is 1. The van der Waals surface area contributed by atoms with Crippen LogP contribution in [0.5, 0.6) is 0 Å². The monoisotopic (exact) mass is 368 g/mol. The van der Waals surface area contributed by atoms with Gasteiger partial charge in [0.25, 0.3) is 0 Å². The van der Waals surface area contributed by atoms with Crippen LogP contribution in [0.2, 0.25) is 0 Å². The number of hydrogen-bond acceptors (Lipinski definition) is 4. The van der Waals surface area contributed by atoms with Crippen molar-refractivity contribution in [2.45, 2.75) is 89.5 Å². The Kier molecular flexibility index (Phi) is 12.8. The number of carboxylic acids is 2. The van der Waals surface area contributed by atoms with Crippen molar-refractivity contribution >= 4 is 11.9 Å². The Hall–Kier alpha value is -1.40. The van der Waals surface area contributed by atoms with Crippen LogP contribution < -0.4 is 5.43 Å². The maximum Gasteiger partial charge on any atom is 0.328 e. The summed E-state index contributed by atoms with van der Waals surface area (Å²) in [5, 5.41) is 18.2. The SMILES string of the molecule is C1CCCCC(N2CCCCCCCN2)CCC1.O=C(O)/C=C\C(=O)O. The molecule has 0 spiro atoms. The number of hydrazine groups is 1. The van der Waals surface area contributed by atoms with Gasteiger partial charge in [-0.25, -0.2) is 14.6 Å². The molecule has 0 amide bonds. The van der Waals surface area contributed by atoms with Gasteiger partial charge in [0.2, 0.25) is 0 Å². The molecule has 0 aromatic rings. The summed E-state index contributed by atoms with van der Waals surface area (Å²) in [6, 6.07) is 0.821. The van der Waals surface area contributed by atoms with E-state index >= 15 is 0 Å². The van der Waals surface area contributed by atoms with Crippen LogP contribution in [0.1, 0.15) is 83.5 Å². The third kappa shape index (κ3) is 12.0. The van der Waals surface area contributed by atoms with Crippen LogP contribution >= 0.6 is 0 Å². The quantitative estimate of drug-likeness (QED) is 0.653. The Morgan fingerprint density at radius 2 is 1.19 bits per heavy atom. The van der Waals surface area contributed by atoms with E-state index in [1.54, 1.807) is 0 Å². The molecule has 1 saturated heterocycles. The van der Waals surface area contributed by atoms with Crippen LogP contribution in [0.25, 0.3) is 0 Å². The molecule has 0 unspecified atom stereocenters. The summed E-state index contributed by atoms with van der Waals surface area (Å²) < 4.78 is 0.